The second-order valence-corrected chi connectivity index (χ2v) is 10.0. The summed E-state index contributed by atoms with van der Waals surface area (Å²) in [4.78, 5) is 13.8. The van der Waals surface area contributed by atoms with E-state index in [1.807, 2.05) is 18.2 Å². The van der Waals surface area contributed by atoms with Crippen LogP contribution in [-0.2, 0) is 0 Å². The van der Waals surface area contributed by atoms with Crippen LogP contribution in [0.5, 0.6) is 0 Å². The van der Waals surface area contributed by atoms with Gasteiger partial charge in [0, 0.05) is 42.3 Å². The van der Waals surface area contributed by atoms with Gasteiger partial charge in [-0.05, 0) is 55.8 Å². The third kappa shape index (κ3) is 4.78. The Morgan fingerprint density at radius 1 is 1.21 bits per heavy atom. The van der Waals surface area contributed by atoms with Crippen LogP contribution in [0.3, 0.4) is 0 Å². The van der Waals surface area contributed by atoms with Gasteiger partial charge in [0.1, 0.15) is 5.82 Å². The number of fused-ring (bicyclic) bond motifs is 1. The molecule has 0 spiro atoms. The van der Waals surface area contributed by atoms with Gasteiger partial charge in [-0.2, -0.15) is 4.98 Å². The highest BCUT2D eigenvalue weighted by atomic mass is 35.5. The van der Waals surface area contributed by atoms with E-state index in [1.54, 1.807) is 6.07 Å². The van der Waals surface area contributed by atoms with Crippen LogP contribution >= 0.6 is 23.2 Å². The molecule has 2 N–H and O–H groups in total. The molecule has 0 saturated carbocycles. The molecular formula is C24H29Cl2N5O2. The number of hydrogen-bond donors (Lipinski definition) is 2. The number of piperidine rings is 1. The molecule has 7 nitrogen and oxygen atoms in total. The predicted molar refractivity (Wildman–Crippen MR) is 132 cm³/mol. The fraction of sp³-hybridized carbons (Fsp3) is 0.500. The van der Waals surface area contributed by atoms with E-state index >= 15 is 0 Å². The zero-order valence-corrected chi connectivity index (χ0v) is 20.2. The number of pyridine rings is 1. The lowest BCUT2D eigenvalue weighted by Gasteiger charge is -2.47. The van der Waals surface area contributed by atoms with Crippen LogP contribution in [0.25, 0.3) is 11.2 Å². The minimum atomic E-state index is -0.0535. The van der Waals surface area contributed by atoms with Crippen molar-refractivity contribution in [2.45, 2.75) is 25.8 Å². The first-order valence-corrected chi connectivity index (χ1v) is 12.3. The van der Waals surface area contributed by atoms with E-state index in [4.69, 9.17) is 32.6 Å². The quantitative estimate of drug-likeness (QED) is 0.491. The van der Waals surface area contributed by atoms with Crippen molar-refractivity contribution < 1.29 is 9.52 Å². The van der Waals surface area contributed by atoms with Crippen LogP contribution in [-0.4, -0.2) is 59.3 Å². The number of nitrogens with zero attached hydrogens (tertiary/aromatic N) is 4. The Labute approximate surface area is 203 Å². The second kappa shape index (κ2) is 9.66. The number of halogens is 2. The van der Waals surface area contributed by atoms with E-state index < -0.39 is 0 Å². The summed E-state index contributed by atoms with van der Waals surface area (Å²) in [5.41, 5.74) is 3.04. The minimum absolute atomic E-state index is 0.0535. The summed E-state index contributed by atoms with van der Waals surface area (Å²) in [6, 6.07) is 7.53. The summed E-state index contributed by atoms with van der Waals surface area (Å²) >= 11 is 12.5. The molecule has 33 heavy (non-hydrogen) atoms. The van der Waals surface area contributed by atoms with Gasteiger partial charge in [0.25, 0.3) is 0 Å². The SMILES string of the molecule is C[C@@H](Nc1cc(N2CC(C3CCCN(CCO)C3)C2)nc2ncoc12)c1ccc(Cl)cc1Cl. The summed E-state index contributed by atoms with van der Waals surface area (Å²) in [5, 5.41) is 14.0. The Hall–Kier alpha value is -2.06. The third-order valence-electron chi connectivity index (χ3n) is 6.95. The maximum atomic E-state index is 9.27. The molecule has 0 amide bonds. The van der Waals surface area contributed by atoms with E-state index in [0.717, 1.165) is 49.8 Å². The molecule has 2 atom stereocenters. The predicted octanol–water partition coefficient (Wildman–Crippen LogP) is 4.84. The number of aromatic nitrogens is 2. The number of hydrogen-bond acceptors (Lipinski definition) is 7. The monoisotopic (exact) mass is 489 g/mol. The smallest absolute Gasteiger partial charge is 0.202 e. The highest BCUT2D eigenvalue weighted by molar-refractivity contribution is 6.35. The molecule has 0 bridgehead atoms. The molecule has 176 valence electrons. The minimum Gasteiger partial charge on any atom is -0.440 e. The largest absolute Gasteiger partial charge is 0.440 e. The van der Waals surface area contributed by atoms with Gasteiger partial charge in [0.15, 0.2) is 12.0 Å². The van der Waals surface area contributed by atoms with Crippen LogP contribution in [0.15, 0.2) is 35.1 Å². The number of aliphatic hydroxyl groups is 1. The van der Waals surface area contributed by atoms with E-state index in [9.17, 15) is 5.11 Å². The zero-order chi connectivity index (χ0) is 22.9. The molecule has 2 aliphatic heterocycles. The van der Waals surface area contributed by atoms with Crippen molar-refractivity contribution in [3.63, 3.8) is 0 Å². The summed E-state index contributed by atoms with van der Waals surface area (Å²) < 4.78 is 5.64. The summed E-state index contributed by atoms with van der Waals surface area (Å²) in [5.74, 6) is 2.25. The molecule has 2 saturated heterocycles. The van der Waals surface area contributed by atoms with Gasteiger partial charge in [-0.1, -0.05) is 29.3 Å². The third-order valence-corrected chi connectivity index (χ3v) is 7.51. The van der Waals surface area contributed by atoms with E-state index in [1.165, 1.54) is 19.2 Å². The molecule has 2 aliphatic rings. The average molecular weight is 490 g/mol. The molecule has 0 radical (unpaired) electrons. The van der Waals surface area contributed by atoms with Crippen molar-refractivity contribution in [3.8, 4) is 0 Å². The maximum absolute atomic E-state index is 9.27. The number of oxazole rings is 1. The summed E-state index contributed by atoms with van der Waals surface area (Å²) in [6.45, 7) is 7.24. The first-order valence-electron chi connectivity index (χ1n) is 11.6. The fourth-order valence-corrected chi connectivity index (χ4v) is 5.66. The Bertz CT molecular complexity index is 1120. The highest BCUT2D eigenvalue weighted by Crippen LogP contribution is 2.37. The molecular weight excluding hydrogens is 461 g/mol. The van der Waals surface area contributed by atoms with Crippen LogP contribution in [0, 0.1) is 11.8 Å². The Kier molecular flexibility index (Phi) is 6.65. The van der Waals surface area contributed by atoms with Gasteiger partial charge in [0.05, 0.1) is 18.3 Å². The summed E-state index contributed by atoms with van der Waals surface area (Å²) in [7, 11) is 0. The van der Waals surface area contributed by atoms with Gasteiger partial charge < -0.3 is 24.6 Å². The molecule has 1 aromatic carbocycles. The Balaban J connectivity index is 1.30. The van der Waals surface area contributed by atoms with Crippen molar-refractivity contribution in [1.82, 2.24) is 14.9 Å². The van der Waals surface area contributed by atoms with Crippen molar-refractivity contribution >= 4 is 45.9 Å². The summed E-state index contributed by atoms with van der Waals surface area (Å²) in [6.07, 6.45) is 3.91. The molecule has 5 rings (SSSR count). The number of benzene rings is 1. The van der Waals surface area contributed by atoms with Gasteiger partial charge in [-0.25, -0.2) is 4.98 Å². The Morgan fingerprint density at radius 3 is 2.85 bits per heavy atom. The van der Waals surface area contributed by atoms with Crippen molar-refractivity contribution in [1.29, 1.82) is 0 Å². The number of likely N-dealkylation sites (tertiary alicyclic amines) is 1. The number of rotatable bonds is 7. The van der Waals surface area contributed by atoms with Crippen molar-refractivity contribution in [2.75, 3.05) is 49.5 Å². The molecule has 9 heteroatoms. The van der Waals surface area contributed by atoms with Gasteiger partial charge in [-0.15, -0.1) is 0 Å². The highest BCUT2D eigenvalue weighted by Gasteiger charge is 2.36. The lowest BCUT2D eigenvalue weighted by molar-refractivity contribution is 0.102. The molecule has 4 heterocycles. The van der Waals surface area contributed by atoms with E-state index in [-0.39, 0.29) is 12.6 Å². The molecule has 2 fully saturated rings. The molecule has 2 aromatic heterocycles. The number of nitrogens with one attached hydrogen (secondary N) is 1. The number of anilines is 2. The molecule has 1 unspecified atom stereocenters. The topological polar surface area (TPSA) is 77.7 Å². The number of aliphatic hydroxyl groups excluding tert-OH is 1. The molecule has 3 aromatic rings. The fourth-order valence-electron chi connectivity index (χ4n) is 5.09. The van der Waals surface area contributed by atoms with Gasteiger partial charge in [-0.3, -0.25) is 0 Å². The standard InChI is InChI=1S/C24H29Cl2N5O2/c1-15(19-5-4-18(25)9-20(19)26)28-21-10-22(29-24-23(21)33-14-27-24)31-12-17(13-31)16-3-2-6-30(11-16)7-8-32/h4-5,9-10,14-17,32H,2-3,6-8,11-13H2,1H3,(H,28,29)/t15-,16?/m1/s1. The van der Waals surface area contributed by atoms with Crippen LogP contribution in [0.4, 0.5) is 11.5 Å². The van der Waals surface area contributed by atoms with Crippen LogP contribution in [0.2, 0.25) is 10.0 Å². The molecule has 0 aliphatic carbocycles. The van der Waals surface area contributed by atoms with Crippen molar-refractivity contribution in [2.24, 2.45) is 11.8 Å². The van der Waals surface area contributed by atoms with E-state index in [2.05, 4.69) is 27.0 Å². The van der Waals surface area contributed by atoms with Crippen LogP contribution < -0.4 is 10.2 Å². The zero-order valence-electron chi connectivity index (χ0n) is 18.7. The van der Waals surface area contributed by atoms with Gasteiger partial charge in [0.2, 0.25) is 5.65 Å². The lowest BCUT2D eigenvalue weighted by Crippen LogP contribution is -2.54. The average Bonchev–Trinajstić information content (AvgIpc) is 3.22. The maximum Gasteiger partial charge on any atom is 0.202 e. The number of β-amino-alcohol motifs (C(OH)–C–C–N with tert-alkyl or cyclic N) is 1. The first kappa shape index (κ1) is 22.7. The lowest BCUT2D eigenvalue weighted by atomic mass is 9.80. The normalized spacial score (nSPS) is 20.7. The van der Waals surface area contributed by atoms with Gasteiger partial charge >= 0.3 is 0 Å². The first-order chi connectivity index (χ1) is 16.0. The van der Waals surface area contributed by atoms with Crippen molar-refractivity contribution in [3.05, 3.63) is 46.3 Å². The van der Waals surface area contributed by atoms with E-state index in [0.29, 0.717) is 33.1 Å². The second-order valence-electron chi connectivity index (χ2n) is 9.16. The van der Waals surface area contributed by atoms with Crippen LogP contribution in [0.1, 0.15) is 31.4 Å². The Morgan fingerprint density at radius 2 is 2.06 bits per heavy atom.